The van der Waals surface area contributed by atoms with Gasteiger partial charge in [-0.25, -0.2) is 0 Å². The smallest absolute Gasteiger partial charge is 0.0620 e. The Morgan fingerprint density at radius 3 is 1.22 bits per heavy atom. The molecule has 3 heteroatoms. The lowest BCUT2D eigenvalue weighted by molar-refractivity contribution is 1.18. The van der Waals surface area contributed by atoms with E-state index in [1.54, 1.807) is 0 Å². The Labute approximate surface area is 400 Å². The molecule has 0 aliphatic rings. The molecular formula is C66H43N3. The average Bonchev–Trinajstić information content (AvgIpc) is 4.07. The summed E-state index contributed by atoms with van der Waals surface area (Å²) < 4.78 is 4.83. The third-order valence-corrected chi connectivity index (χ3v) is 14.3. The van der Waals surface area contributed by atoms with Gasteiger partial charge in [-0.2, -0.15) is 0 Å². The molecule has 14 aromatic rings. The van der Waals surface area contributed by atoms with Crippen molar-refractivity contribution in [2.45, 2.75) is 0 Å². The van der Waals surface area contributed by atoms with Crippen molar-refractivity contribution < 1.29 is 0 Å². The zero-order chi connectivity index (χ0) is 45.4. The van der Waals surface area contributed by atoms with Crippen LogP contribution < -0.4 is 4.90 Å². The Morgan fingerprint density at radius 2 is 0.623 bits per heavy atom. The minimum atomic E-state index is 1.09. The van der Waals surface area contributed by atoms with E-state index in [4.69, 9.17) is 0 Å². The van der Waals surface area contributed by atoms with Crippen LogP contribution in [0.5, 0.6) is 0 Å². The number of nitrogens with zero attached hydrogens (tertiary/aromatic N) is 3. The molecule has 0 N–H and O–H groups in total. The number of anilines is 3. The quantitative estimate of drug-likeness (QED) is 0.148. The molecule has 3 heterocycles. The fraction of sp³-hybridized carbons (Fsp3) is 0. The van der Waals surface area contributed by atoms with E-state index >= 15 is 0 Å². The van der Waals surface area contributed by atoms with E-state index in [2.05, 4.69) is 275 Å². The number of aromatic nitrogens is 2. The predicted molar refractivity (Wildman–Crippen MR) is 292 cm³/mol. The fourth-order valence-corrected chi connectivity index (χ4v) is 11.0. The van der Waals surface area contributed by atoms with E-state index < -0.39 is 0 Å². The first kappa shape index (κ1) is 39.0. The average molecular weight is 878 g/mol. The van der Waals surface area contributed by atoms with Crippen LogP contribution in [0.4, 0.5) is 17.1 Å². The van der Waals surface area contributed by atoms with E-state index in [0.29, 0.717) is 0 Å². The number of hydrogen-bond donors (Lipinski definition) is 0. The molecule has 0 saturated carbocycles. The van der Waals surface area contributed by atoms with Crippen molar-refractivity contribution in [2.75, 3.05) is 4.90 Å². The van der Waals surface area contributed by atoms with Crippen molar-refractivity contribution in [2.24, 2.45) is 0 Å². The normalized spacial score (nSPS) is 11.8. The second-order valence-electron chi connectivity index (χ2n) is 18.1. The van der Waals surface area contributed by atoms with Crippen LogP contribution in [0.2, 0.25) is 0 Å². The summed E-state index contributed by atoms with van der Waals surface area (Å²) in [6.07, 6.45) is 0. The van der Waals surface area contributed by atoms with Crippen LogP contribution in [0.15, 0.2) is 261 Å². The molecule has 14 rings (SSSR count). The van der Waals surface area contributed by atoms with Crippen molar-refractivity contribution in [1.29, 1.82) is 0 Å². The highest BCUT2D eigenvalue weighted by Crippen LogP contribution is 2.42. The van der Waals surface area contributed by atoms with Gasteiger partial charge in [0.25, 0.3) is 0 Å². The topological polar surface area (TPSA) is 12.6 Å². The van der Waals surface area contributed by atoms with E-state index in [1.807, 2.05) is 0 Å². The first-order valence-electron chi connectivity index (χ1n) is 23.7. The van der Waals surface area contributed by atoms with Gasteiger partial charge < -0.3 is 13.9 Å². The van der Waals surface area contributed by atoms with E-state index in [-0.39, 0.29) is 0 Å². The van der Waals surface area contributed by atoms with Gasteiger partial charge in [0.2, 0.25) is 0 Å². The number of fused-ring (bicyclic) bond motifs is 9. The first-order valence-corrected chi connectivity index (χ1v) is 23.7. The molecule has 3 aromatic heterocycles. The monoisotopic (exact) mass is 877 g/mol. The van der Waals surface area contributed by atoms with Gasteiger partial charge in [-0.3, -0.25) is 0 Å². The Kier molecular flexibility index (Phi) is 8.90. The Hall–Kier alpha value is -9.18. The summed E-state index contributed by atoms with van der Waals surface area (Å²) in [4.78, 5) is 2.37. The third kappa shape index (κ3) is 6.36. The molecule has 0 saturated heterocycles. The van der Waals surface area contributed by atoms with E-state index in [0.717, 1.165) is 22.7 Å². The lowest BCUT2D eigenvalue weighted by Gasteiger charge is -2.26. The Morgan fingerprint density at radius 1 is 0.232 bits per heavy atom. The van der Waals surface area contributed by atoms with Gasteiger partial charge in [0.05, 0.1) is 27.6 Å². The van der Waals surface area contributed by atoms with Gasteiger partial charge in [-0.05, 0) is 123 Å². The van der Waals surface area contributed by atoms with Gasteiger partial charge in [0, 0.05) is 55.1 Å². The van der Waals surface area contributed by atoms with Crippen molar-refractivity contribution >= 4 is 77.0 Å². The van der Waals surface area contributed by atoms with Gasteiger partial charge in [-0.15, -0.1) is 0 Å². The summed E-state index contributed by atoms with van der Waals surface area (Å²) in [5, 5.41) is 7.68. The molecule has 0 amide bonds. The highest BCUT2D eigenvalue weighted by molar-refractivity contribution is 6.23. The van der Waals surface area contributed by atoms with Crippen molar-refractivity contribution in [1.82, 2.24) is 8.97 Å². The maximum Gasteiger partial charge on any atom is 0.0620 e. The summed E-state index contributed by atoms with van der Waals surface area (Å²) in [5.41, 5.74) is 20.2. The molecule has 3 nitrogen and oxygen atoms in total. The number of rotatable bonds is 8. The van der Waals surface area contributed by atoms with Crippen LogP contribution in [0.3, 0.4) is 0 Å². The standard InChI is InChI=1S/C66H43N3/c1-3-12-44(13-4-1)45-22-24-46(25-23-45)47-26-34-53(35-27-47)67(54-36-28-48(29-37-54)50-33-41-64-61(42-50)57-17-8-9-20-62(57)68(64)52-14-5-2-6-15-52)55-38-30-49(31-39-55)51-32-40-58-60-19-11-18-59-56-16-7-10-21-63(56)69(66(59)60)65(58)43-51/h1-43H. The van der Waals surface area contributed by atoms with Crippen LogP contribution in [0.1, 0.15) is 0 Å². The van der Waals surface area contributed by atoms with Crippen LogP contribution in [-0.2, 0) is 0 Å². The predicted octanol–water partition coefficient (Wildman–Crippen LogP) is 18.1. The summed E-state index contributed by atoms with van der Waals surface area (Å²) in [6, 6.07) is 95.3. The summed E-state index contributed by atoms with van der Waals surface area (Å²) in [7, 11) is 0. The maximum atomic E-state index is 2.46. The summed E-state index contributed by atoms with van der Waals surface area (Å²) in [6.45, 7) is 0. The van der Waals surface area contributed by atoms with Gasteiger partial charge in [0.15, 0.2) is 0 Å². The molecule has 0 radical (unpaired) electrons. The van der Waals surface area contributed by atoms with Crippen LogP contribution >= 0.6 is 0 Å². The van der Waals surface area contributed by atoms with Gasteiger partial charge >= 0.3 is 0 Å². The molecule has 0 bridgehead atoms. The molecular weight excluding hydrogens is 835 g/mol. The zero-order valence-electron chi connectivity index (χ0n) is 37.7. The molecule has 69 heavy (non-hydrogen) atoms. The number of benzene rings is 11. The minimum absolute atomic E-state index is 1.09. The molecule has 322 valence electrons. The second-order valence-corrected chi connectivity index (χ2v) is 18.1. The second kappa shape index (κ2) is 15.7. The Balaban J connectivity index is 0.838. The van der Waals surface area contributed by atoms with E-state index in [9.17, 15) is 0 Å². The highest BCUT2D eigenvalue weighted by atomic mass is 15.1. The van der Waals surface area contributed by atoms with Crippen molar-refractivity contribution in [3.05, 3.63) is 261 Å². The van der Waals surface area contributed by atoms with Crippen LogP contribution in [0.25, 0.3) is 110 Å². The largest absolute Gasteiger partial charge is 0.311 e. The molecule has 0 atom stereocenters. The van der Waals surface area contributed by atoms with Gasteiger partial charge in [-0.1, -0.05) is 182 Å². The van der Waals surface area contributed by atoms with Crippen LogP contribution in [-0.4, -0.2) is 8.97 Å². The third-order valence-electron chi connectivity index (χ3n) is 14.3. The summed E-state index contributed by atoms with van der Waals surface area (Å²) in [5.74, 6) is 0. The SMILES string of the molecule is c1ccc(-c2ccc(-c3ccc(N(c4ccc(-c5ccc6c(c5)c5ccccc5n6-c5ccccc5)cc4)c4ccc(-c5ccc6c7cccc8c9ccccc9n(c6c5)c87)cc4)cc3)cc2)cc1. The first-order chi connectivity index (χ1) is 34.2. The molecule has 0 aliphatic carbocycles. The molecule has 0 unspecified atom stereocenters. The molecule has 0 fully saturated rings. The van der Waals surface area contributed by atoms with Crippen molar-refractivity contribution in [3.63, 3.8) is 0 Å². The maximum absolute atomic E-state index is 2.46. The van der Waals surface area contributed by atoms with Crippen molar-refractivity contribution in [3.8, 4) is 50.2 Å². The van der Waals surface area contributed by atoms with Crippen LogP contribution in [0, 0.1) is 0 Å². The van der Waals surface area contributed by atoms with E-state index in [1.165, 1.54) is 104 Å². The summed E-state index contributed by atoms with van der Waals surface area (Å²) >= 11 is 0. The molecule has 0 aliphatic heterocycles. The highest BCUT2D eigenvalue weighted by Gasteiger charge is 2.19. The lowest BCUT2D eigenvalue weighted by Crippen LogP contribution is -2.09. The van der Waals surface area contributed by atoms with Gasteiger partial charge in [0.1, 0.15) is 0 Å². The Bertz CT molecular complexity index is 4180. The zero-order valence-corrected chi connectivity index (χ0v) is 37.7. The minimum Gasteiger partial charge on any atom is -0.311 e. The number of para-hydroxylation sites is 4. The molecule has 11 aromatic carbocycles. The molecule has 0 spiro atoms. The fourth-order valence-electron chi connectivity index (χ4n) is 11.0. The number of hydrogen-bond acceptors (Lipinski definition) is 1. The lowest BCUT2D eigenvalue weighted by atomic mass is 9.99.